The number of ether oxygens (including phenoxy) is 1. The van der Waals surface area contributed by atoms with Gasteiger partial charge in [-0.25, -0.2) is 4.79 Å². The maximum atomic E-state index is 13.5. The van der Waals surface area contributed by atoms with Gasteiger partial charge in [0.1, 0.15) is 11.7 Å². The number of hydrogen-bond acceptors (Lipinski definition) is 11. The van der Waals surface area contributed by atoms with Crippen LogP contribution in [0.5, 0.6) is 0 Å². The van der Waals surface area contributed by atoms with E-state index in [4.69, 9.17) is 9.94 Å². The number of esters is 1. The maximum absolute atomic E-state index is 13.5. The van der Waals surface area contributed by atoms with Gasteiger partial charge in [0.05, 0.1) is 12.1 Å². The van der Waals surface area contributed by atoms with Gasteiger partial charge >= 0.3 is 11.9 Å². The van der Waals surface area contributed by atoms with Gasteiger partial charge in [0.15, 0.2) is 18.4 Å². The molecule has 1 aromatic rings. The van der Waals surface area contributed by atoms with Crippen LogP contribution in [0.3, 0.4) is 0 Å². The van der Waals surface area contributed by atoms with E-state index in [0.717, 1.165) is 31.7 Å². The average molecular weight is 656 g/mol. The summed E-state index contributed by atoms with van der Waals surface area (Å²) in [5.74, 6) is -2.92. The number of nitrogens with zero attached hydrogens (tertiary/aromatic N) is 1. The van der Waals surface area contributed by atoms with E-state index in [-0.39, 0.29) is 34.8 Å². The number of anilines is 1. The number of hydrogen-bond donors (Lipinski definition) is 5. The van der Waals surface area contributed by atoms with Crippen LogP contribution in [-0.2, 0) is 28.7 Å². The summed E-state index contributed by atoms with van der Waals surface area (Å²) in [5.41, 5.74) is -1.47. The molecule has 5 N–H and O–H groups in total. The van der Waals surface area contributed by atoms with Gasteiger partial charge in [0, 0.05) is 18.3 Å². The number of carboxylic acid groups (broad SMARTS) is 1. The third kappa shape index (κ3) is 6.33. The molecule has 1 amide bonds. The predicted molar refractivity (Wildman–Crippen MR) is 165 cm³/mol. The second kappa shape index (κ2) is 13.1. The number of aliphatic hydroxyl groups is 2. The van der Waals surface area contributed by atoms with Crippen molar-refractivity contribution in [2.75, 3.05) is 11.8 Å². The van der Waals surface area contributed by atoms with Crippen LogP contribution < -0.4 is 10.5 Å². The number of fused-ring (bicyclic) bond motifs is 5. The zero-order valence-corrected chi connectivity index (χ0v) is 26.6. The molecule has 13 heteroatoms. The molecule has 13 nitrogen and oxygen atoms in total. The fourth-order valence-corrected chi connectivity index (χ4v) is 9.13. The van der Waals surface area contributed by atoms with E-state index in [1.165, 1.54) is 23.8 Å². The van der Waals surface area contributed by atoms with Crippen LogP contribution >= 0.6 is 0 Å². The Morgan fingerprint density at radius 3 is 2.49 bits per heavy atom. The van der Waals surface area contributed by atoms with Gasteiger partial charge < -0.3 is 35.8 Å². The van der Waals surface area contributed by atoms with Crippen molar-refractivity contribution in [2.24, 2.45) is 28.6 Å². The number of benzene rings is 1. The monoisotopic (exact) mass is 655 g/mol. The number of ketones is 2. The second-order valence-corrected chi connectivity index (χ2v) is 14.1. The number of allylic oxidation sites excluding steroid dienone is 1. The van der Waals surface area contributed by atoms with Crippen molar-refractivity contribution in [3.05, 3.63) is 46.7 Å². The Labute approximate surface area is 272 Å². The van der Waals surface area contributed by atoms with Crippen molar-refractivity contribution < 1.29 is 49.2 Å². The number of carbonyl (C=O) groups is 5. The first-order valence-electron chi connectivity index (χ1n) is 16.2. The van der Waals surface area contributed by atoms with Crippen LogP contribution in [-0.4, -0.2) is 68.2 Å². The summed E-state index contributed by atoms with van der Waals surface area (Å²) in [5, 5.41) is 53.8. The zero-order chi connectivity index (χ0) is 34.3. The molecule has 0 radical (unpaired) electrons. The molecular formula is C34H43N2O11-. The number of rotatable bonds is 11. The Kier molecular flexibility index (Phi) is 9.66. The fourth-order valence-electron chi connectivity index (χ4n) is 9.13. The van der Waals surface area contributed by atoms with E-state index in [2.05, 4.69) is 12.2 Å². The number of nitrogens with one attached hydrogen (secondary N) is 1. The van der Waals surface area contributed by atoms with Crippen molar-refractivity contribution in [3.63, 3.8) is 0 Å². The van der Waals surface area contributed by atoms with Crippen LogP contribution in [0, 0.1) is 33.8 Å². The smallest absolute Gasteiger partial charge is 0.329 e. The number of Topliss-reactive ketones (excluding diaryl/α,β-unsaturated/α-hetero) is 1. The zero-order valence-electron chi connectivity index (χ0n) is 26.6. The first kappa shape index (κ1) is 34.7. The quantitative estimate of drug-likeness (QED) is 0.172. The Morgan fingerprint density at radius 1 is 1.06 bits per heavy atom. The molecule has 5 rings (SSSR count). The van der Waals surface area contributed by atoms with Gasteiger partial charge in [-0.3, -0.25) is 24.4 Å². The molecule has 0 aromatic heterocycles. The first-order valence-corrected chi connectivity index (χ1v) is 16.2. The lowest BCUT2D eigenvalue weighted by Crippen LogP contribution is -2.58. The lowest BCUT2D eigenvalue weighted by molar-refractivity contribution is -0.170. The molecule has 0 spiro atoms. The third-order valence-electron chi connectivity index (χ3n) is 11.8. The number of amides is 1. The Hall–Kier alpha value is -3.65. The van der Waals surface area contributed by atoms with Gasteiger partial charge in [-0.15, -0.1) is 0 Å². The van der Waals surface area contributed by atoms with Crippen LogP contribution in [0.2, 0.25) is 0 Å². The van der Waals surface area contributed by atoms with E-state index < -0.39 is 71.5 Å². The van der Waals surface area contributed by atoms with Gasteiger partial charge in [0.2, 0.25) is 11.7 Å². The third-order valence-corrected chi connectivity index (χ3v) is 11.8. The molecule has 3 saturated carbocycles. The van der Waals surface area contributed by atoms with Crippen LogP contribution in [0.15, 0.2) is 35.9 Å². The molecule has 5 unspecified atom stereocenters. The molecule has 1 aromatic carbocycles. The average Bonchev–Trinajstić information content (AvgIpc) is 3.32. The number of aliphatic carboxylic acids is 1. The van der Waals surface area contributed by atoms with E-state index in [0.29, 0.717) is 31.1 Å². The molecule has 8 atom stereocenters. The highest BCUT2D eigenvalue weighted by atomic mass is 16.8. The Morgan fingerprint density at radius 2 is 1.79 bits per heavy atom. The Bertz CT molecular complexity index is 1480. The van der Waals surface area contributed by atoms with E-state index in [9.17, 15) is 44.5 Å². The minimum atomic E-state index is -1.83. The summed E-state index contributed by atoms with van der Waals surface area (Å²) in [6.45, 7) is 3.57. The van der Waals surface area contributed by atoms with Crippen molar-refractivity contribution in [1.29, 1.82) is 0 Å². The van der Waals surface area contributed by atoms with Gasteiger partial charge in [-0.2, -0.15) is 0 Å². The predicted octanol–water partition coefficient (Wildman–Crippen LogP) is 3.14. The van der Waals surface area contributed by atoms with Crippen LogP contribution in [0.4, 0.5) is 5.69 Å². The number of carboxylic acids is 1. The van der Waals surface area contributed by atoms with Crippen molar-refractivity contribution >= 4 is 35.1 Å². The normalized spacial score (nSPS) is 32.5. The standard InChI is InChI=1S/C34H43N2O11/c1-32-13-10-22(37)17-20(32)6-7-23-24(32)11-14-33(2)25(23)12-15-34(33,44)26(38)18-47-28(40)9-8-27(39)35-29(31(42)43)30(41)19-4-3-5-21(16-19)36(45)46/h3-5,16-17,23-25,29-30,41,44-45H,6-15,18H2,1-2H3,(H,35,39)(H,42,43)/q-1/t23?,24?,25?,29?,30?,32-,33-,34-/m0/s1. The van der Waals surface area contributed by atoms with Gasteiger partial charge in [-0.05, 0) is 91.9 Å². The lowest BCUT2D eigenvalue weighted by atomic mass is 9.46. The maximum Gasteiger partial charge on any atom is 0.329 e. The summed E-state index contributed by atoms with van der Waals surface area (Å²) in [7, 11) is 0. The summed E-state index contributed by atoms with van der Waals surface area (Å²) in [4.78, 5) is 62.4. The summed E-state index contributed by atoms with van der Waals surface area (Å²) < 4.78 is 5.17. The van der Waals surface area contributed by atoms with E-state index in [1.807, 2.05) is 13.0 Å². The van der Waals surface area contributed by atoms with E-state index >= 15 is 0 Å². The number of carbonyl (C=O) groups excluding carboxylic acids is 4. The highest BCUT2D eigenvalue weighted by Crippen LogP contribution is 2.67. The molecule has 0 bridgehead atoms. The molecule has 0 saturated heterocycles. The van der Waals surface area contributed by atoms with Crippen molar-refractivity contribution in [1.82, 2.24) is 5.32 Å². The highest BCUT2D eigenvalue weighted by molar-refractivity contribution is 5.92. The first-order chi connectivity index (χ1) is 22.1. The largest absolute Gasteiger partial charge is 0.733 e. The molecule has 256 valence electrons. The SMILES string of the molecule is C[C@]12CCC(=O)C=C1CCC1C2CC[C@@]2(C)C1CC[C@]2(O)C(=O)COC(=O)CCC(=O)NC(C(=O)O)C(O)c1cccc(N([O-])O)c1. The number of aliphatic hydroxyl groups excluding tert-OH is 1. The Balaban J connectivity index is 1.14. The van der Waals surface area contributed by atoms with Crippen LogP contribution in [0.25, 0.3) is 0 Å². The van der Waals surface area contributed by atoms with Crippen LogP contribution in [0.1, 0.15) is 89.7 Å². The van der Waals surface area contributed by atoms with Gasteiger partial charge in [-0.1, -0.05) is 31.6 Å². The highest BCUT2D eigenvalue weighted by Gasteiger charge is 2.66. The summed E-state index contributed by atoms with van der Waals surface area (Å²) in [6.07, 6.45) is 4.63. The van der Waals surface area contributed by atoms with Crippen molar-refractivity contribution in [3.8, 4) is 0 Å². The molecule has 0 aliphatic heterocycles. The lowest BCUT2D eigenvalue weighted by Gasteiger charge is -2.58. The molecule has 4 aliphatic rings. The molecule has 4 aliphatic carbocycles. The topological polar surface area (TPSA) is 214 Å². The van der Waals surface area contributed by atoms with Crippen molar-refractivity contribution in [2.45, 2.75) is 95.8 Å². The summed E-state index contributed by atoms with van der Waals surface area (Å²) >= 11 is 0. The summed E-state index contributed by atoms with van der Waals surface area (Å²) in [6, 6.07) is 3.08. The minimum Gasteiger partial charge on any atom is -0.733 e. The molecule has 0 heterocycles. The molecule has 47 heavy (non-hydrogen) atoms. The molecular weight excluding hydrogens is 612 g/mol. The van der Waals surface area contributed by atoms with E-state index in [1.54, 1.807) is 0 Å². The minimum absolute atomic E-state index is 0.0438. The van der Waals surface area contributed by atoms with Gasteiger partial charge in [0.25, 0.3) is 0 Å². The second-order valence-electron chi connectivity index (χ2n) is 14.1. The molecule has 3 fully saturated rings. The fraction of sp³-hybridized carbons (Fsp3) is 0.618.